The highest BCUT2D eigenvalue weighted by Gasteiger charge is 2.29. The summed E-state index contributed by atoms with van der Waals surface area (Å²) in [7, 11) is 0. The number of pyridine rings is 1. The largest absolute Gasteiger partial charge is 0.352 e. The molecule has 1 saturated carbocycles. The van der Waals surface area contributed by atoms with Crippen LogP contribution in [0.1, 0.15) is 53.7 Å². The van der Waals surface area contributed by atoms with Crippen molar-refractivity contribution in [3.8, 4) is 11.3 Å². The molecule has 4 rings (SSSR count). The standard InChI is InChI=1S/C20H21N3O2/c1-3-10-21-19(24)15-11-16(13-8-9-13)22-20-17(15)18(23-25-20)14-6-4-12(2)5-7-14/h4-7,11,13H,3,8-10H2,1-2H3,(H,21,24). The highest BCUT2D eigenvalue weighted by atomic mass is 16.5. The first-order chi connectivity index (χ1) is 12.2. The Kier molecular flexibility index (Phi) is 3.99. The van der Waals surface area contributed by atoms with Crippen molar-refractivity contribution >= 4 is 17.0 Å². The molecule has 0 unspecified atom stereocenters. The minimum Gasteiger partial charge on any atom is -0.352 e. The Balaban J connectivity index is 1.87. The molecule has 2 aromatic heterocycles. The number of hydrogen-bond acceptors (Lipinski definition) is 4. The summed E-state index contributed by atoms with van der Waals surface area (Å²) >= 11 is 0. The number of rotatable bonds is 5. The van der Waals surface area contributed by atoms with E-state index in [-0.39, 0.29) is 5.91 Å². The van der Waals surface area contributed by atoms with E-state index in [1.54, 1.807) is 0 Å². The number of fused-ring (bicyclic) bond motifs is 1. The first-order valence-electron chi connectivity index (χ1n) is 8.83. The van der Waals surface area contributed by atoms with Gasteiger partial charge in [-0.25, -0.2) is 4.98 Å². The molecule has 1 N–H and O–H groups in total. The van der Waals surface area contributed by atoms with Crippen LogP contribution in [-0.2, 0) is 0 Å². The van der Waals surface area contributed by atoms with Gasteiger partial charge in [-0.05, 0) is 32.3 Å². The molecule has 1 fully saturated rings. The summed E-state index contributed by atoms with van der Waals surface area (Å²) in [6, 6.07) is 9.96. The Morgan fingerprint density at radius 3 is 2.72 bits per heavy atom. The average molecular weight is 335 g/mol. The smallest absolute Gasteiger partial charge is 0.259 e. The van der Waals surface area contributed by atoms with E-state index in [1.807, 2.05) is 44.2 Å². The zero-order chi connectivity index (χ0) is 17.4. The molecule has 0 spiro atoms. The van der Waals surface area contributed by atoms with E-state index in [4.69, 9.17) is 4.52 Å². The third kappa shape index (κ3) is 3.02. The summed E-state index contributed by atoms with van der Waals surface area (Å²) in [4.78, 5) is 17.4. The van der Waals surface area contributed by atoms with Crippen LogP contribution >= 0.6 is 0 Å². The molecule has 25 heavy (non-hydrogen) atoms. The minimum absolute atomic E-state index is 0.0901. The van der Waals surface area contributed by atoms with Crippen LogP contribution in [0, 0.1) is 6.92 Å². The van der Waals surface area contributed by atoms with Crippen molar-refractivity contribution < 1.29 is 9.32 Å². The van der Waals surface area contributed by atoms with Crippen LogP contribution in [-0.4, -0.2) is 22.6 Å². The van der Waals surface area contributed by atoms with Gasteiger partial charge in [-0.15, -0.1) is 0 Å². The molecule has 1 aromatic carbocycles. The second kappa shape index (κ2) is 6.31. The van der Waals surface area contributed by atoms with Crippen LogP contribution in [0.15, 0.2) is 34.9 Å². The van der Waals surface area contributed by atoms with Crippen LogP contribution in [0.2, 0.25) is 0 Å². The zero-order valence-electron chi connectivity index (χ0n) is 14.5. The van der Waals surface area contributed by atoms with Gasteiger partial charge in [0.1, 0.15) is 5.69 Å². The predicted molar refractivity (Wildman–Crippen MR) is 96.6 cm³/mol. The summed E-state index contributed by atoms with van der Waals surface area (Å²) in [5, 5.41) is 7.89. The fourth-order valence-corrected chi connectivity index (χ4v) is 2.98. The van der Waals surface area contributed by atoms with Crippen molar-refractivity contribution in [3.05, 3.63) is 47.2 Å². The number of nitrogens with zero attached hydrogens (tertiary/aromatic N) is 2. The molecule has 0 aliphatic heterocycles. The number of aryl methyl sites for hydroxylation is 1. The second-order valence-corrected chi connectivity index (χ2v) is 6.70. The van der Waals surface area contributed by atoms with Gasteiger partial charge in [-0.1, -0.05) is 41.9 Å². The molecule has 0 saturated heterocycles. The second-order valence-electron chi connectivity index (χ2n) is 6.70. The van der Waals surface area contributed by atoms with E-state index in [9.17, 15) is 4.79 Å². The monoisotopic (exact) mass is 335 g/mol. The summed E-state index contributed by atoms with van der Waals surface area (Å²) in [6.45, 7) is 4.72. The quantitative estimate of drug-likeness (QED) is 0.758. The summed E-state index contributed by atoms with van der Waals surface area (Å²) in [6.07, 6.45) is 3.13. The lowest BCUT2D eigenvalue weighted by Gasteiger charge is -2.08. The number of amides is 1. The molecule has 5 nitrogen and oxygen atoms in total. The topological polar surface area (TPSA) is 68.0 Å². The summed E-state index contributed by atoms with van der Waals surface area (Å²) in [5.41, 5.74) is 4.76. The molecule has 1 aliphatic rings. The molecular formula is C20H21N3O2. The lowest BCUT2D eigenvalue weighted by molar-refractivity contribution is 0.0955. The number of benzene rings is 1. The Bertz CT molecular complexity index is 924. The van der Waals surface area contributed by atoms with Gasteiger partial charge in [0.25, 0.3) is 11.6 Å². The van der Waals surface area contributed by atoms with Crippen molar-refractivity contribution in [1.29, 1.82) is 0 Å². The summed E-state index contributed by atoms with van der Waals surface area (Å²) in [5.74, 6) is 0.350. The zero-order valence-corrected chi connectivity index (χ0v) is 14.5. The maximum Gasteiger partial charge on any atom is 0.259 e. The van der Waals surface area contributed by atoms with Gasteiger partial charge in [0, 0.05) is 23.7 Å². The molecule has 1 amide bonds. The van der Waals surface area contributed by atoms with Crippen LogP contribution in [0.25, 0.3) is 22.4 Å². The van der Waals surface area contributed by atoms with Crippen LogP contribution in [0.4, 0.5) is 0 Å². The molecular weight excluding hydrogens is 314 g/mol. The molecule has 0 atom stereocenters. The maximum absolute atomic E-state index is 12.7. The van der Waals surface area contributed by atoms with E-state index >= 15 is 0 Å². The van der Waals surface area contributed by atoms with Gasteiger partial charge in [-0.2, -0.15) is 0 Å². The molecule has 5 heteroatoms. The molecule has 0 radical (unpaired) electrons. The van der Waals surface area contributed by atoms with E-state index in [2.05, 4.69) is 15.5 Å². The van der Waals surface area contributed by atoms with Crippen LogP contribution < -0.4 is 5.32 Å². The molecule has 2 heterocycles. The molecule has 3 aromatic rings. The lowest BCUT2D eigenvalue weighted by atomic mass is 10.0. The van der Waals surface area contributed by atoms with Crippen LogP contribution in [0.3, 0.4) is 0 Å². The Morgan fingerprint density at radius 1 is 1.28 bits per heavy atom. The van der Waals surface area contributed by atoms with Crippen molar-refractivity contribution in [1.82, 2.24) is 15.5 Å². The Hall–Kier alpha value is -2.69. The Labute approximate surface area is 146 Å². The fourth-order valence-electron chi connectivity index (χ4n) is 2.98. The van der Waals surface area contributed by atoms with Gasteiger partial charge in [0.05, 0.1) is 10.9 Å². The number of carbonyl (C=O) groups excluding carboxylic acids is 1. The highest BCUT2D eigenvalue weighted by molar-refractivity contribution is 6.09. The van der Waals surface area contributed by atoms with E-state index < -0.39 is 0 Å². The van der Waals surface area contributed by atoms with Crippen molar-refractivity contribution in [2.45, 2.75) is 39.0 Å². The van der Waals surface area contributed by atoms with E-state index in [1.165, 1.54) is 5.56 Å². The van der Waals surface area contributed by atoms with Crippen molar-refractivity contribution in [3.63, 3.8) is 0 Å². The van der Waals surface area contributed by atoms with Gasteiger partial charge < -0.3 is 9.84 Å². The number of aromatic nitrogens is 2. The van der Waals surface area contributed by atoms with Crippen molar-refractivity contribution in [2.75, 3.05) is 6.54 Å². The molecule has 1 aliphatic carbocycles. The van der Waals surface area contributed by atoms with E-state index in [0.29, 0.717) is 34.8 Å². The molecule has 0 bridgehead atoms. The predicted octanol–water partition coefficient (Wildman–Crippen LogP) is 4.22. The van der Waals surface area contributed by atoms with Crippen molar-refractivity contribution in [2.24, 2.45) is 0 Å². The van der Waals surface area contributed by atoms with Gasteiger partial charge >= 0.3 is 0 Å². The van der Waals surface area contributed by atoms with E-state index in [0.717, 1.165) is 30.5 Å². The van der Waals surface area contributed by atoms with Gasteiger partial charge in [-0.3, -0.25) is 4.79 Å². The number of nitrogens with one attached hydrogen (secondary N) is 1. The third-order valence-electron chi connectivity index (χ3n) is 4.57. The van der Waals surface area contributed by atoms with Gasteiger partial charge in [0.2, 0.25) is 0 Å². The van der Waals surface area contributed by atoms with Gasteiger partial charge in [0.15, 0.2) is 0 Å². The number of carbonyl (C=O) groups is 1. The Morgan fingerprint density at radius 2 is 2.04 bits per heavy atom. The fraction of sp³-hybridized carbons (Fsp3) is 0.350. The van der Waals surface area contributed by atoms with Crippen LogP contribution in [0.5, 0.6) is 0 Å². The lowest BCUT2D eigenvalue weighted by Crippen LogP contribution is -2.24. The summed E-state index contributed by atoms with van der Waals surface area (Å²) < 4.78 is 5.51. The maximum atomic E-state index is 12.7. The highest BCUT2D eigenvalue weighted by Crippen LogP contribution is 2.41. The SMILES string of the molecule is CCCNC(=O)c1cc(C2CC2)nc2onc(-c3ccc(C)cc3)c12. The minimum atomic E-state index is -0.0901. The normalized spacial score (nSPS) is 14.0. The average Bonchev–Trinajstić information content (AvgIpc) is 3.39. The first kappa shape index (κ1) is 15.8. The number of hydrogen-bond donors (Lipinski definition) is 1. The molecule has 128 valence electrons. The third-order valence-corrected chi connectivity index (χ3v) is 4.57. The first-order valence-corrected chi connectivity index (χ1v) is 8.83.